The van der Waals surface area contributed by atoms with E-state index in [-0.39, 0.29) is 0 Å². The quantitative estimate of drug-likeness (QED) is 0.904. The molecule has 104 valence electrons. The standard InChI is InChI=1S/C15H24N4/c1-3-7-16-15-17-11(2)8-14(18-15)19-9-12-5-4-6-13(12)10-19/h8,12-13H,3-7,9-10H2,1-2H3,(H,16,17,18). The molecular weight excluding hydrogens is 236 g/mol. The third kappa shape index (κ3) is 2.67. The van der Waals surface area contributed by atoms with Crippen molar-refractivity contribution in [2.75, 3.05) is 29.9 Å². The Kier molecular flexibility index (Phi) is 3.58. The van der Waals surface area contributed by atoms with E-state index >= 15 is 0 Å². The molecule has 2 unspecified atom stereocenters. The van der Waals surface area contributed by atoms with Crippen LogP contribution in [0.1, 0.15) is 38.3 Å². The first-order valence-corrected chi connectivity index (χ1v) is 7.60. The first kappa shape index (κ1) is 12.7. The number of anilines is 2. The normalized spacial score (nSPS) is 25.7. The number of aromatic nitrogens is 2. The average molecular weight is 260 g/mol. The monoisotopic (exact) mass is 260 g/mol. The zero-order chi connectivity index (χ0) is 13.2. The Morgan fingerprint density at radius 3 is 2.68 bits per heavy atom. The van der Waals surface area contributed by atoms with Crippen LogP contribution in [-0.4, -0.2) is 29.6 Å². The highest BCUT2D eigenvalue weighted by molar-refractivity contribution is 5.46. The molecule has 0 aromatic carbocycles. The number of nitrogens with zero attached hydrogens (tertiary/aromatic N) is 3. The van der Waals surface area contributed by atoms with Crippen LogP contribution in [-0.2, 0) is 0 Å². The fourth-order valence-corrected chi connectivity index (χ4v) is 3.45. The molecule has 1 saturated carbocycles. The highest BCUT2D eigenvalue weighted by Gasteiger charge is 2.36. The summed E-state index contributed by atoms with van der Waals surface area (Å²) in [4.78, 5) is 11.6. The first-order chi connectivity index (χ1) is 9.26. The summed E-state index contributed by atoms with van der Waals surface area (Å²) in [7, 11) is 0. The summed E-state index contributed by atoms with van der Waals surface area (Å²) in [6.07, 6.45) is 5.34. The van der Waals surface area contributed by atoms with Crippen molar-refractivity contribution in [2.24, 2.45) is 11.8 Å². The van der Waals surface area contributed by atoms with Gasteiger partial charge in [0.2, 0.25) is 5.95 Å². The molecule has 4 nitrogen and oxygen atoms in total. The fraction of sp³-hybridized carbons (Fsp3) is 0.733. The first-order valence-electron chi connectivity index (χ1n) is 7.60. The Bertz CT molecular complexity index is 434. The molecule has 2 aliphatic rings. The largest absolute Gasteiger partial charge is 0.356 e. The molecule has 2 heterocycles. The number of hydrogen-bond acceptors (Lipinski definition) is 4. The lowest BCUT2D eigenvalue weighted by Crippen LogP contribution is -2.22. The zero-order valence-electron chi connectivity index (χ0n) is 12.0. The van der Waals surface area contributed by atoms with Crippen molar-refractivity contribution in [1.29, 1.82) is 0 Å². The van der Waals surface area contributed by atoms with Crippen LogP contribution in [0.5, 0.6) is 0 Å². The second-order valence-electron chi connectivity index (χ2n) is 5.97. The van der Waals surface area contributed by atoms with Gasteiger partial charge in [-0.2, -0.15) is 4.98 Å². The van der Waals surface area contributed by atoms with Gasteiger partial charge in [0.15, 0.2) is 0 Å². The molecule has 4 heteroatoms. The van der Waals surface area contributed by atoms with Gasteiger partial charge >= 0.3 is 0 Å². The Balaban J connectivity index is 1.75. The van der Waals surface area contributed by atoms with Gasteiger partial charge in [-0.1, -0.05) is 13.3 Å². The topological polar surface area (TPSA) is 41.1 Å². The minimum atomic E-state index is 0.786. The van der Waals surface area contributed by atoms with Gasteiger partial charge < -0.3 is 10.2 Å². The van der Waals surface area contributed by atoms with E-state index < -0.39 is 0 Å². The third-order valence-electron chi connectivity index (χ3n) is 4.42. The SMILES string of the molecule is CCCNc1nc(C)cc(N2CC3CCCC3C2)n1. The van der Waals surface area contributed by atoms with E-state index in [1.807, 2.05) is 0 Å². The number of hydrogen-bond donors (Lipinski definition) is 1. The summed E-state index contributed by atoms with van der Waals surface area (Å²) in [6, 6.07) is 2.12. The number of fused-ring (bicyclic) bond motifs is 1. The predicted octanol–water partition coefficient (Wildman–Crippen LogP) is 2.84. The van der Waals surface area contributed by atoms with E-state index in [1.54, 1.807) is 0 Å². The molecule has 1 aromatic heterocycles. The third-order valence-corrected chi connectivity index (χ3v) is 4.42. The molecule has 0 radical (unpaired) electrons. The second-order valence-corrected chi connectivity index (χ2v) is 5.97. The lowest BCUT2D eigenvalue weighted by Gasteiger charge is -2.19. The van der Waals surface area contributed by atoms with E-state index in [2.05, 4.69) is 40.1 Å². The molecule has 1 aliphatic heterocycles. The van der Waals surface area contributed by atoms with Crippen LogP contribution in [0, 0.1) is 18.8 Å². The lowest BCUT2D eigenvalue weighted by molar-refractivity contribution is 0.494. The molecule has 2 atom stereocenters. The van der Waals surface area contributed by atoms with Crippen molar-refractivity contribution in [3.63, 3.8) is 0 Å². The van der Waals surface area contributed by atoms with Crippen molar-refractivity contribution in [3.05, 3.63) is 11.8 Å². The highest BCUT2D eigenvalue weighted by Crippen LogP contribution is 2.39. The van der Waals surface area contributed by atoms with E-state index in [4.69, 9.17) is 0 Å². The van der Waals surface area contributed by atoms with Gasteiger partial charge in [0.1, 0.15) is 5.82 Å². The van der Waals surface area contributed by atoms with Crippen LogP contribution < -0.4 is 10.2 Å². The minimum absolute atomic E-state index is 0.786. The Labute approximate surface area is 115 Å². The van der Waals surface area contributed by atoms with Crippen molar-refractivity contribution in [1.82, 2.24) is 9.97 Å². The van der Waals surface area contributed by atoms with Gasteiger partial charge in [-0.3, -0.25) is 0 Å². The van der Waals surface area contributed by atoms with Crippen LogP contribution in [0.3, 0.4) is 0 Å². The highest BCUT2D eigenvalue weighted by atomic mass is 15.2. The summed E-state index contributed by atoms with van der Waals surface area (Å²) in [5.41, 5.74) is 1.06. The molecule has 3 rings (SSSR count). The maximum absolute atomic E-state index is 4.68. The van der Waals surface area contributed by atoms with Crippen molar-refractivity contribution in [2.45, 2.75) is 39.5 Å². The summed E-state index contributed by atoms with van der Waals surface area (Å²) in [5.74, 6) is 3.71. The molecule has 0 bridgehead atoms. The van der Waals surface area contributed by atoms with Gasteiger partial charge in [-0.15, -0.1) is 0 Å². The maximum Gasteiger partial charge on any atom is 0.224 e. The van der Waals surface area contributed by atoms with Gasteiger partial charge in [0.25, 0.3) is 0 Å². The summed E-state index contributed by atoms with van der Waals surface area (Å²) >= 11 is 0. The Hall–Kier alpha value is -1.32. The van der Waals surface area contributed by atoms with Crippen molar-refractivity contribution in [3.8, 4) is 0 Å². The number of nitrogens with one attached hydrogen (secondary N) is 1. The molecule has 1 saturated heterocycles. The predicted molar refractivity (Wildman–Crippen MR) is 78.6 cm³/mol. The smallest absolute Gasteiger partial charge is 0.224 e. The zero-order valence-corrected chi connectivity index (χ0v) is 12.0. The van der Waals surface area contributed by atoms with Crippen LogP contribution in [0.25, 0.3) is 0 Å². The summed E-state index contributed by atoms with van der Waals surface area (Å²) in [6.45, 7) is 7.53. The number of rotatable bonds is 4. The van der Waals surface area contributed by atoms with E-state index in [0.29, 0.717) is 0 Å². The molecule has 0 spiro atoms. The van der Waals surface area contributed by atoms with Gasteiger partial charge in [-0.05, 0) is 38.0 Å². The maximum atomic E-state index is 4.68. The molecule has 1 aliphatic carbocycles. The minimum Gasteiger partial charge on any atom is -0.356 e. The van der Waals surface area contributed by atoms with Crippen LogP contribution >= 0.6 is 0 Å². The average Bonchev–Trinajstić information content (AvgIpc) is 2.96. The van der Waals surface area contributed by atoms with Gasteiger partial charge in [-0.25, -0.2) is 4.98 Å². The molecule has 1 N–H and O–H groups in total. The molecule has 19 heavy (non-hydrogen) atoms. The van der Waals surface area contributed by atoms with Gasteiger partial charge in [0.05, 0.1) is 0 Å². The van der Waals surface area contributed by atoms with Crippen molar-refractivity contribution < 1.29 is 0 Å². The number of aryl methyl sites for hydroxylation is 1. The Morgan fingerprint density at radius 1 is 1.26 bits per heavy atom. The summed E-state index contributed by atoms with van der Waals surface area (Å²) < 4.78 is 0. The van der Waals surface area contributed by atoms with E-state index in [9.17, 15) is 0 Å². The summed E-state index contributed by atoms with van der Waals surface area (Å²) in [5, 5.41) is 3.30. The van der Waals surface area contributed by atoms with Gasteiger partial charge in [0, 0.05) is 31.4 Å². The molecule has 0 amide bonds. The van der Waals surface area contributed by atoms with Crippen molar-refractivity contribution >= 4 is 11.8 Å². The lowest BCUT2D eigenvalue weighted by atomic mass is 10.0. The fourth-order valence-electron chi connectivity index (χ4n) is 3.45. The van der Waals surface area contributed by atoms with E-state index in [1.165, 1.54) is 32.4 Å². The van der Waals surface area contributed by atoms with Crippen LogP contribution in [0.2, 0.25) is 0 Å². The van der Waals surface area contributed by atoms with Crippen LogP contribution in [0.15, 0.2) is 6.07 Å². The van der Waals surface area contributed by atoms with Crippen LogP contribution in [0.4, 0.5) is 11.8 Å². The second kappa shape index (κ2) is 5.35. The van der Waals surface area contributed by atoms with E-state index in [0.717, 1.165) is 42.3 Å². The Morgan fingerprint density at radius 2 is 2.00 bits per heavy atom. The molecular formula is C15H24N4. The molecule has 2 fully saturated rings. The molecule has 1 aromatic rings.